The Morgan fingerprint density at radius 2 is 2.00 bits per heavy atom. The normalized spacial score (nSPS) is 13.7. The van der Waals surface area contributed by atoms with Crippen LogP contribution in [-0.4, -0.2) is 5.97 Å². The molecule has 24 heavy (non-hydrogen) atoms. The number of fused-ring (bicyclic) bond motifs is 2. The number of aryl methyl sites for hydroxylation is 3. The average Bonchev–Trinajstić information content (AvgIpc) is 2.98. The summed E-state index contributed by atoms with van der Waals surface area (Å²) in [5.74, 6) is 0.0244. The summed E-state index contributed by atoms with van der Waals surface area (Å²) in [5, 5.41) is 0.834. The maximum atomic E-state index is 12.4. The Balaban J connectivity index is 1.62. The van der Waals surface area contributed by atoms with Crippen molar-refractivity contribution in [1.82, 2.24) is 0 Å². The fourth-order valence-corrected chi connectivity index (χ4v) is 4.25. The maximum Gasteiger partial charge on any atom is 0.353 e. The van der Waals surface area contributed by atoms with Gasteiger partial charge in [0.25, 0.3) is 0 Å². The first-order chi connectivity index (χ1) is 11.6. The third-order valence-corrected chi connectivity index (χ3v) is 5.55. The molecule has 122 valence electrons. The Kier molecular flexibility index (Phi) is 3.73. The quantitative estimate of drug-likeness (QED) is 0.397. The molecule has 0 radical (unpaired) electrons. The van der Waals surface area contributed by atoms with Gasteiger partial charge in [0.05, 0.1) is 0 Å². The largest absolute Gasteiger partial charge is 0.423 e. The van der Waals surface area contributed by atoms with Crippen LogP contribution in [0.25, 0.3) is 11.0 Å². The SMILES string of the molecule is Cc1cc(=O)oc2cc(OC(=O)c3cc4c(s3)CCCC4)ccc12. The summed E-state index contributed by atoms with van der Waals surface area (Å²) in [6.45, 7) is 1.85. The highest BCUT2D eigenvalue weighted by Gasteiger charge is 2.19. The van der Waals surface area contributed by atoms with E-state index >= 15 is 0 Å². The van der Waals surface area contributed by atoms with Gasteiger partial charge in [0, 0.05) is 22.4 Å². The molecule has 1 aliphatic carbocycles. The van der Waals surface area contributed by atoms with E-state index in [4.69, 9.17) is 9.15 Å². The third kappa shape index (κ3) is 2.76. The Labute approximate surface area is 142 Å². The molecule has 0 fully saturated rings. The van der Waals surface area contributed by atoms with Gasteiger partial charge in [-0.2, -0.15) is 0 Å². The maximum absolute atomic E-state index is 12.4. The molecule has 2 heterocycles. The number of ether oxygens (including phenoxy) is 1. The predicted molar refractivity (Wildman–Crippen MR) is 93.1 cm³/mol. The molecule has 4 rings (SSSR count). The molecule has 0 saturated heterocycles. The van der Waals surface area contributed by atoms with Gasteiger partial charge < -0.3 is 9.15 Å². The molecule has 5 heteroatoms. The van der Waals surface area contributed by atoms with Gasteiger partial charge in [-0.25, -0.2) is 9.59 Å². The van der Waals surface area contributed by atoms with Crippen LogP contribution in [0.15, 0.2) is 39.5 Å². The number of benzene rings is 1. The molecule has 1 aromatic carbocycles. The smallest absolute Gasteiger partial charge is 0.353 e. The van der Waals surface area contributed by atoms with Crippen molar-refractivity contribution >= 4 is 28.3 Å². The van der Waals surface area contributed by atoms with Crippen LogP contribution in [0.2, 0.25) is 0 Å². The Bertz CT molecular complexity index is 973. The summed E-state index contributed by atoms with van der Waals surface area (Å²) >= 11 is 1.52. The van der Waals surface area contributed by atoms with Crippen LogP contribution >= 0.6 is 11.3 Å². The number of thiophene rings is 1. The minimum absolute atomic E-state index is 0.358. The first kappa shape index (κ1) is 15.1. The molecular formula is C19H16O4S. The Morgan fingerprint density at radius 3 is 2.83 bits per heavy atom. The summed E-state index contributed by atoms with van der Waals surface area (Å²) in [5.41, 5.74) is 2.13. The lowest BCUT2D eigenvalue weighted by atomic mass is 9.99. The molecule has 0 amide bonds. The highest BCUT2D eigenvalue weighted by Crippen LogP contribution is 2.30. The lowest BCUT2D eigenvalue weighted by Gasteiger charge is -2.08. The Morgan fingerprint density at radius 1 is 1.17 bits per heavy atom. The second kappa shape index (κ2) is 5.91. The number of rotatable bonds is 2. The number of esters is 1. The fourth-order valence-electron chi connectivity index (χ4n) is 3.12. The molecule has 2 aromatic heterocycles. The highest BCUT2D eigenvalue weighted by molar-refractivity contribution is 7.14. The van der Waals surface area contributed by atoms with E-state index in [1.165, 1.54) is 40.7 Å². The van der Waals surface area contributed by atoms with Gasteiger partial charge in [-0.1, -0.05) is 0 Å². The van der Waals surface area contributed by atoms with E-state index in [0.29, 0.717) is 16.2 Å². The standard InChI is InChI=1S/C19H16O4S/c1-11-8-18(20)23-15-10-13(6-7-14(11)15)22-19(21)17-9-12-4-2-3-5-16(12)24-17/h6-10H,2-5H2,1H3. The van der Waals surface area contributed by atoms with Gasteiger partial charge in [0.1, 0.15) is 16.2 Å². The molecule has 1 aliphatic rings. The summed E-state index contributed by atoms with van der Waals surface area (Å²) in [6.07, 6.45) is 4.46. The number of carbonyl (C=O) groups is 1. The molecule has 0 unspecified atom stereocenters. The van der Waals surface area contributed by atoms with Crippen LogP contribution in [-0.2, 0) is 12.8 Å². The van der Waals surface area contributed by atoms with Crippen LogP contribution in [0.3, 0.4) is 0 Å². The van der Waals surface area contributed by atoms with Crippen molar-refractivity contribution in [2.75, 3.05) is 0 Å². The zero-order valence-electron chi connectivity index (χ0n) is 13.3. The number of hydrogen-bond donors (Lipinski definition) is 0. The van der Waals surface area contributed by atoms with Crippen LogP contribution in [0.5, 0.6) is 5.75 Å². The van der Waals surface area contributed by atoms with Gasteiger partial charge in [0.2, 0.25) is 0 Å². The van der Waals surface area contributed by atoms with E-state index < -0.39 is 5.63 Å². The Hall–Kier alpha value is -2.40. The second-order valence-corrected chi connectivity index (χ2v) is 7.20. The molecule has 0 bridgehead atoms. The number of carbonyl (C=O) groups excluding carboxylic acids is 1. The summed E-state index contributed by atoms with van der Waals surface area (Å²) in [7, 11) is 0. The lowest BCUT2D eigenvalue weighted by Crippen LogP contribution is -2.06. The third-order valence-electron chi connectivity index (χ3n) is 4.33. The monoisotopic (exact) mass is 340 g/mol. The van der Waals surface area contributed by atoms with Gasteiger partial charge in [-0.05, 0) is 61.9 Å². The lowest BCUT2D eigenvalue weighted by molar-refractivity contribution is 0.0740. The molecule has 3 aromatic rings. The van der Waals surface area contributed by atoms with Crippen molar-refractivity contribution in [3.05, 3.63) is 61.6 Å². The van der Waals surface area contributed by atoms with Crippen LogP contribution in [0.1, 0.15) is 38.5 Å². The van der Waals surface area contributed by atoms with E-state index in [0.717, 1.165) is 23.8 Å². The van der Waals surface area contributed by atoms with Gasteiger partial charge >= 0.3 is 11.6 Å². The van der Waals surface area contributed by atoms with Crippen molar-refractivity contribution in [3.8, 4) is 5.75 Å². The molecule has 4 nitrogen and oxygen atoms in total. The van der Waals surface area contributed by atoms with Crippen molar-refractivity contribution in [3.63, 3.8) is 0 Å². The van der Waals surface area contributed by atoms with E-state index in [1.807, 2.05) is 13.0 Å². The van der Waals surface area contributed by atoms with E-state index in [1.54, 1.807) is 18.2 Å². The average molecular weight is 340 g/mol. The first-order valence-electron chi connectivity index (χ1n) is 7.98. The van der Waals surface area contributed by atoms with Crippen molar-refractivity contribution in [2.24, 2.45) is 0 Å². The topological polar surface area (TPSA) is 56.5 Å². The van der Waals surface area contributed by atoms with Gasteiger partial charge in [-0.15, -0.1) is 11.3 Å². The van der Waals surface area contributed by atoms with Crippen molar-refractivity contribution < 1.29 is 13.9 Å². The van der Waals surface area contributed by atoms with Crippen LogP contribution in [0, 0.1) is 6.92 Å². The highest BCUT2D eigenvalue weighted by atomic mass is 32.1. The van der Waals surface area contributed by atoms with Crippen molar-refractivity contribution in [1.29, 1.82) is 0 Å². The second-order valence-electron chi connectivity index (χ2n) is 6.06. The summed E-state index contributed by atoms with van der Waals surface area (Å²) in [6, 6.07) is 8.52. The first-order valence-corrected chi connectivity index (χ1v) is 8.80. The predicted octanol–water partition coefficient (Wildman–Crippen LogP) is 4.26. The zero-order chi connectivity index (χ0) is 16.7. The molecular weight excluding hydrogens is 324 g/mol. The minimum Gasteiger partial charge on any atom is -0.423 e. The van der Waals surface area contributed by atoms with E-state index in [9.17, 15) is 9.59 Å². The molecule has 0 aliphatic heterocycles. The molecule has 0 atom stereocenters. The number of hydrogen-bond acceptors (Lipinski definition) is 5. The molecule has 0 N–H and O–H groups in total. The summed E-state index contributed by atoms with van der Waals surface area (Å²) in [4.78, 5) is 25.8. The zero-order valence-corrected chi connectivity index (χ0v) is 14.1. The van der Waals surface area contributed by atoms with Crippen molar-refractivity contribution in [2.45, 2.75) is 32.6 Å². The van der Waals surface area contributed by atoms with Gasteiger partial charge in [-0.3, -0.25) is 0 Å². The van der Waals surface area contributed by atoms with Crippen LogP contribution < -0.4 is 10.4 Å². The van der Waals surface area contributed by atoms with Gasteiger partial charge in [0.15, 0.2) is 0 Å². The molecule has 0 spiro atoms. The van der Waals surface area contributed by atoms with E-state index in [2.05, 4.69) is 0 Å². The minimum atomic E-state index is -0.408. The van der Waals surface area contributed by atoms with Crippen LogP contribution in [0.4, 0.5) is 0 Å². The van der Waals surface area contributed by atoms with E-state index in [-0.39, 0.29) is 5.97 Å². The summed E-state index contributed by atoms with van der Waals surface area (Å²) < 4.78 is 10.7. The molecule has 0 saturated carbocycles. The fraction of sp³-hybridized carbons (Fsp3) is 0.263.